The lowest BCUT2D eigenvalue weighted by Crippen LogP contribution is -2.47. The van der Waals surface area contributed by atoms with Crippen molar-refractivity contribution in [2.75, 3.05) is 13.7 Å². The molecule has 1 amide bonds. The van der Waals surface area contributed by atoms with Crippen molar-refractivity contribution in [3.63, 3.8) is 0 Å². The first-order chi connectivity index (χ1) is 18.9. The van der Waals surface area contributed by atoms with Gasteiger partial charge in [-0.25, -0.2) is 9.59 Å². The summed E-state index contributed by atoms with van der Waals surface area (Å²) in [7, 11) is 1.41. The van der Waals surface area contributed by atoms with Gasteiger partial charge in [0.15, 0.2) is 0 Å². The Balaban J connectivity index is 1.55. The molecule has 2 atom stereocenters. The summed E-state index contributed by atoms with van der Waals surface area (Å²) in [5, 5.41) is 20.9. The van der Waals surface area contributed by atoms with Crippen molar-refractivity contribution in [2.24, 2.45) is 0 Å². The Morgan fingerprint density at radius 1 is 1.02 bits per heavy atom. The highest BCUT2D eigenvalue weighted by molar-refractivity contribution is 6.30. The number of hydrogen-bond acceptors (Lipinski definition) is 6. The first-order valence-electron chi connectivity index (χ1n) is 13.1. The van der Waals surface area contributed by atoms with Crippen LogP contribution in [-0.2, 0) is 17.6 Å². The summed E-state index contributed by atoms with van der Waals surface area (Å²) in [6.45, 7) is 5.52. The molecule has 0 saturated heterocycles. The van der Waals surface area contributed by atoms with Crippen LogP contribution < -0.4 is 9.47 Å². The average molecular weight is 568 g/mol. The molecule has 0 aliphatic heterocycles. The van der Waals surface area contributed by atoms with Crippen LogP contribution in [0.2, 0.25) is 5.02 Å². The van der Waals surface area contributed by atoms with E-state index in [1.165, 1.54) is 19.2 Å². The van der Waals surface area contributed by atoms with E-state index < -0.39 is 23.8 Å². The lowest BCUT2D eigenvalue weighted by atomic mass is 9.87. The topological polar surface area (TPSA) is 106 Å². The highest BCUT2D eigenvalue weighted by atomic mass is 35.5. The molecule has 40 heavy (non-hydrogen) atoms. The maximum Gasteiger partial charge on any atom is 0.410 e. The van der Waals surface area contributed by atoms with Crippen LogP contribution in [-0.4, -0.2) is 52.5 Å². The van der Waals surface area contributed by atoms with E-state index in [9.17, 15) is 19.8 Å². The average Bonchev–Trinajstić information content (AvgIpc) is 2.90. The number of methoxy groups -OCH3 is 1. The van der Waals surface area contributed by atoms with Crippen molar-refractivity contribution in [3.8, 4) is 17.2 Å². The third-order valence-corrected chi connectivity index (χ3v) is 6.96. The maximum atomic E-state index is 13.3. The Bertz CT molecular complexity index is 1370. The van der Waals surface area contributed by atoms with Crippen molar-refractivity contribution in [1.82, 2.24) is 4.90 Å². The number of aliphatic hydroxyl groups is 1. The summed E-state index contributed by atoms with van der Waals surface area (Å²) in [5.74, 6) is 0.138. The van der Waals surface area contributed by atoms with E-state index in [0.29, 0.717) is 34.9 Å². The first-order valence-corrected chi connectivity index (χ1v) is 13.5. The normalized spacial score (nSPS) is 15.5. The second-order valence-corrected chi connectivity index (χ2v) is 11.2. The smallest absolute Gasteiger partial charge is 0.410 e. The van der Waals surface area contributed by atoms with E-state index in [2.05, 4.69) is 0 Å². The molecular weight excluding hydrogens is 534 g/mol. The lowest BCUT2D eigenvalue weighted by molar-refractivity contribution is 0.00194. The van der Waals surface area contributed by atoms with E-state index >= 15 is 0 Å². The van der Waals surface area contributed by atoms with Gasteiger partial charge in [0.05, 0.1) is 19.8 Å². The number of carbonyl (C=O) groups is 2. The van der Waals surface area contributed by atoms with Gasteiger partial charge in [-0.05, 0) is 93.1 Å². The van der Waals surface area contributed by atoms with Crippen LogP contribution in [0.1, 0.15) is 60.3 Å². The molecule has 9 heteroatoms. The third-order valence-electron chi connectivity index (χ3n) is 6.71. The van der Waals surface area contributed by atoms with E-state index in [-0.39, 0.29) is 23.9 Å². The van der Waals surface area contributed by atoms with Crippen LogP contribution in [0.5, 0.6) is 17.2 Å². The maximum absolute atomic E-state index is 13.3. The van der Waals surface area contributed by atoms with Gasteiger partial charge in [0.1, 0.15) is 28.4 Å². The molecule has 0 fully saturated rings. The molecule has 0 aromatic heterocycles. The molecule has 0 saturated carbocycles. The minimum atomic E-state index is -1.08. The van der Waals surface area contributed by atoms with Gasteiger partial charge in [-0.3, -0.25) is 0 Å². The Labute approximate surface area is 239 Å². The lowest BCUT2D eigenvalue weighted by Gasteiger charge is -2.37. The number of fused-ring (bicyclic) bond motifs is 1. The van der Waals surface area contributed by atoms with Crippen LogP contribution in [0.3, 0.4) is 0 Å². The van der Waals surface area contributed by atoms with Crippen LogP contribution in [0.25, 0.3) is 0 Å². The first kappa shape index (κ1) is 29.2. The van der Waals surface area contributed by atoms with Gasteiger partial charge in [0.25, 0.3) is 0 Å². The van der Waals surface area contributed by atoms with E-state index in [4.69, 9.17) is 25.8 Å². The molecule has 3 aromatic rings. The summed E-state index contributed by atoms with van der Waals surface area (Å²) >= 11 is 6.01. The van der Waals surface area contributed by atoms with Gasteiger partial charge in [0.2, 0.25) is 0 Å². The molecule has 1 aliphatic rings. The van der Waals surface area contributed by atoms with Crippen molar-refractivity contribution in [2.45, 2.75) is 57.8 Å². The van der Waals surface area contributed by atoms with Crippen LogP contribution in [0.15, 0.2) is 60.7 Å². The van der Waals surface area contributed by atoms with Crippen LogP contribution in [0, 0.1) is 0 Å². The number of aliphatic hydroxyl groups excluding tert-OH is 1. The number of aryl methyl sites for hydroxylation is 1. The number of hydrogen-bond donors (Lipinski definition) is 2. The van der Waals surface area contributed by atoms with Gasteiger partial charge in [-0.1, -0.05) is 29.8 Å². The van der Waals surface area contributed by atoms with Gasteiger partial charge in [-0.2, -0.15) is 0 Å². The molecule has 2 N–H and O–H groups in total. The van der Waals surface area contributed by atoms with Crippen molar-refractivity contribution in [1.29, 1.82) is 0 Å². The number of amides is 1. The zero-order valence-electron chi connectivity index (χ0n) is 23.0. The quantitative estimate of drug-likeness (QED) is 0.313. The van der Waals surface area contributed by atoms with Crippen molar-refractivity contribution in [3.05, 3.63) is 87.9 Å². The minimum Gasteiger partial charge on any atom is -0.496 e. The van der Waals surface area contributed by atoms with Crippen LogP contribution in [0.4, 0.5) is 4.79 Å². The van der Waals surface area contributed by atoms with E-state index in [0.717, 1.165) is 17.5 Å². The standard InChI is InChI=1S/C31H34ClNO7/c1-31(2,3)40-30(37)33(18-27(34)20-5-9-22(32)10-6-20)23-11-7-19-8-12-24(16-21(19)15-23)39-25-13-14-26(29(35)36)28(17-25)38-4/h5-6,8-10,12-14,16-17,23,27,34H,7,11,15,18H2,1-4H3,(H,35,36)/t23-,27-/m0/s1. The highest BCUT2D eigenvalue weighted by Crippen LogP contribution is 2.33. The van der Waals surface area contributed by atoms with Crippen LogP contribution >= 0.6 is 11.6 Å². The number of halogens is 1. The molecular formula is C31H34ClNO7. The fourth-order valence-corrected chi connectivity index (χ4v) is 4.89. The minimum absolute atomic E-state index is 0.0474. The van der Waals surface area contributed by atoms with Gasteiger partial charge < -0.3 is 29.3 Å². The Morgan fingerprint density at radius 3 is 2.35 bits per heavy atom. The number of ether oxygens (including phenoxy) is 3. The summed E-state index contributed by atoms with van der Waals surface area (Å²) < 4.78 is 17.0. The molecule has 0 unspecified atom stereocenters. The Hall–Kier alpha value is -3.75. The Morgan fingerprint density at radius 2 is 1.70 bits per heavy atom. The fraction of sp³-hybridized carbons (Fsp3) is 0.355. The molecule has 0 heterocycles. The number of benzene rings is 3. The summed E-state index contributed by atoms with van der Waals surface area (Å²) in [6, 6.07) is 17.1. The molecule has 212 valence electrons. The number of rotatable bonds is 8. The third kappa shape index (κ3) is 7.25. The number of carboxylic acids is 1. The summed E-state index contributed by atoms with van der Waals surface area (Å²) in [6.07, 6.45) is 0.628. The number of carboxylic acid groups (broad SMARTS) is 1. The monoisotopic (exact) mass is 567 g/mol. The number of carbonyl (C=O) groups excluding carboxylic acids is 1. The molecule has 0 spiro atoms. The molecule has 4 rings (SSSR count). The predicted octanol–water partition coefficient (Wildman–Crippen LogP) is 6.67. The summed E-state index contributed by atoms with van der Waals surface area (Å²) in [5.41, 5.74) is 2.20. The largest absolute Gasteiger partial charge is 0.496 e. The van der Waals surface area contributed by atoms with E-state index in [1.807, 2.05) is 39.0 Å². The van der Waals surface area contributed by atoms with Gasteiger partial charge in [0, 0.05) is 17.1 Å². The van der Waals surface area contributed by atoms with Crippen molar-refractivity contribution < 1.29 is 34.0 Å². The molecule has 0 bridgehead atoms. The van der Waals surface area contributed by atoms with E-state index in [1.54, 1.807) is 35.2 Å². The number of nitrogens with zero attached hydrogens (tertiary/aromatic N) is 1. The second-order valence-electron chi connectivity index (χ2n) is 10.8. The number of aromatic carboxylic acids is 1. The second kappa shape index (κ2) is 12.2. The molecule has 0 radical (unpaired) electrons. The fourth-order valence-electron chi connectivity index (χ4n) is 4.76. The Kier molecular flexibility index (Phi) is 8.91. The van der Waals surface area contributed by atoms with Gasteiger partial charge >= 0.3 is 12.1 Å². The molecule has 1 aliphatic carbocycles. The van der Waals surface area contributed by atoms with Gasteiger partial charge in [-0.15, -0.1) is 0 Å². The summed E-state index contributed by atoms with van der Waals surface area (Å²) in [4.78, 5) is 26.4. The molecule has 8 nitrogen and oxygen atoms in total. The van der Waals surface area contributed by atoms with Crippen molar-refractivity contribution >= 4 is 23.7 Å². The zero-order valence-corrected chi connectivity index (χ0v) is 23.8. The predicted molar refractivity (Wildman–Crippen MR) is 152 cm³/mol. The zero-order chi connectivity index (χ0) is 29.0. The highest BCUT2D eigenvalue weighted by Gasteiger charge is 2.33. The molecule has 3 aromatic carbocycles. The SMILES string of the molecule is COc1cc(Oc2ccc3c(c2)C[C@@H](N(C[C@H](O)c2ccc(Cl)cc2)C(=O)OC(C)(C)C)CC3)ccc1C(=O)O.